The summed E-state index contributed by atoms with van der Waals surface area (Å²) in [6, 6.07) is 11.1. The van der Waals surface area contributed by atoms with Gasteiger partial charge in [0.1, 0.15) is 0 Å². The molecule has 1 heteroatoms. The number of likely N-dealkylation sites (tertiary alicyclic amines) is 1. The van der Waals surface area contributed by atoms with Crippen LogP contribution in [-0.2, 0) is 6.54 Å². The zero-order valence-corrected chi connectivity index (χ0v) is 9.89. The Balaban J connectivity index is 2.07. The number of hydrogen-bond acceptors (Lipinski definition) is 1. The summed E-state index contributed by atoms with van der Waals surface area (Å²) >= 11 is 0. The molecule has 1 aromatic rings. The van der Waals surface area contributed by atoms with Crippen LogP contribution in [0.3, 0.4) is 0 Å². The van der Waals surface area contributed by atoms with Gasteiger partial charge in [-0.1, -0.05) is 48.6 Å². The van der Waals surface area contributed by atoms with E-state index in [2.05, 4.69) is 55.3 Å². The van der Waals surface area contributed by atoms with Gasteiger partial charge in [-0.25, -0.2) is 0 Å². The van der Waals surface area contributed by atoms with Gasteiger partial charge in [0.25, 0.3) is 0 Å². The van der Waals surface area contributed by atoms with E-state index in [1.807, 2.05) is 6.08 Å². The summed E-state index contributed by atoms with van der Waals surface area (Å²) in [7, 11) is 0. The quantitative estimate of drug-likeness (QED) is 0.697. The molecule has 0 aliphatic carbocycles. The average Bonchev–Trinajstić information content (AvgIpc) is 2.55. The molecule has 1 aliphatic heterocycles. The van der Waals surface area contributed by atoms with Gasteiger partial charge in [0.2, 0.25) is 0 Å². The van der Waals surface area contributed by atoms with E-state index in [1.54, 1.807) is 0 Å². The van der Waals surface area contributed by atoms with Crippen LogP contribution in [0.1, 0.15) is 12.5 Å². The third-order valence-electron chi connectivity index (χ3n) is 3.46. The highest BCUT2D eigenvalue weighted by molar-refractivity contribution is 5.21. The van der Waals surface area contributed by atoms with Crippen molar-refractivity contribution in [2.45, 2.75) is 19.5 Å². The Labute approximate surface area is 98.1 Å². The molecule has 1 heterocycles. The van der Waals surface area contributed by atoms with Crippen molar-refractivity contribution in [3.05, 3.63) is 60.7 Å². The molecule has 1 aliphatic rings. The first-order chi connectivity index (χ1) is 7.72. The van der Waals surface area contributed by atoms with E-state index in [0.717, 1.165) is 13.1 Å². The molecule has 1 aromatic carbocycles. The second kappa shape index (κ2) is 4.67. The van der Waals surface area contributed by atoms with Gasteiger partial charge >= 0.3 is 0 Å². The van der Waals surface area contributed by atoms with Crippen molar-refractivity contribution >= 4 is 0 Å². The summed E-state index contributed by atoms with van der Waals surface area (Å²) in [6.07, 6.45) is 2.03. The third kappa shape index (κ3) is 2.10. The predicted molar refractivity (Wildman–Crippen MR) is 69.1 cm³/mol. The van der Waals surface area contributed by atoms with Gasteiger partial charge in [0.05, 0.1) is 0 Å². The Morgan fingerprint density at radius 2 is 2.06 bits per heavy atom. The highest BCUT2D eigenvalue weighted by Crippen LogP contribution is 2.29. The molecule has 0 N–H and O–H groups in total. The van der Waals surface area contributed by atoms with E-state index in [4.69, 9.17) is 0 Å². The molecule has 0 aromatic heterocycles. The molecular weight excluding hydrogens is 194 g/mol. The molecule has 2 atom stereocenters. The summed E-state index contributed by atoms with van der Waals surface area (Å²) in [5, 5.41) is 0. The molecule has 0 spiro atoms. The van der Waals surface area contributed by atoms with Crippen molar-refractivity contribution in [1.82, 2.24) is 4.90 Å². The van der Waals surface area contributed by atoms with E-state index in [-0.39, 0.29) is 0 Å². The number of nitrogens with zero attached hydrogens (tertiary/aromatic N) is 1. The van der Waals surface area contributed by atoms with Gasteiger partial charge in [0.15, 0.2) is 0 Å². The minimum atomic E-state index is 0.448. The molecule has 0 saturated carbocycles. The Bertz CT molecular complexity index is 380. The monoisotopic (exact) mass is 213 g/mol. The van der Waals surface area contributed by atoms with Crippen LogP contribution in [0.4, 0.5) is 0 Å². The summed E-state index contributed by atoms with van der Waals surface area (Å²) < 4.78 is 0. The van der Waals surface area contributed by atoms with Crippen molar-refractivity contribution in [2.75, 3.05) is 6.54 Å². The smallest absolute Gasteiger partial charge is 0.0240 e. The third-order valence-corrected chi connectivity index (χ3v) is 3.46. The highest BCUT2D eigenvalue weighted by Gasteiger charge is 2.31. The lowest BCUT2D eigenvalue weighted by Gasteiger charge is -2.22. The summed E-state index contributed by atoms with van der Waals surface area (Å²) in [6.45, 7) is 12.3. The maximum absolute atomic E-state index is 4.14. The van der Waals surface area contributed by atoms with Crippen LogP contribution in [0.5, 0.6) is 0 Å². The van der Waals surface area contributed by atoms with E-state index in [1.165, 1.54) is 11.1 Å². The van der Waals surface area contributed by atoms with Crippen LogP contribution in [0.2, 0.25) is 0 Å². The van der Waals surface area contributed by atoms with Crippen molar-refractivity contribution in [3.63, 3.8) is 0 Å². The maximum Gasteiger partial charge on any atom is 0.0240 e. The lowest BCUT2D eigenvalue weighted by atomic mass is 9.98. The Hall–Kier alpha value is -1.34. The minimum Gasteiger partial charge on any atom is -0.292 e. The predicted octanol–water partition coefficient (Wildman–Crippen LogP) is 3.25. The second-order valence-corrected chi connectivity index (χ2v) is 4.55. The van der Waals surface area contributed by atoms with Gasteiger partial charge in [0, 0.05) is 25.0 Å². The fourth-order valence-corrected chi connectivity index (χ4v) is 2.46. The molecule has 1 fully saturated rings. The van der Waals surface area contributed by atoms with Gasteiger partial charge in [-0.15, -0.1) is 6.58 Å². The molecule has 0 unspecified atom stereocenters. The van der Waals surface area contributed by atoms with Crippen LogP contribution < -0.4 is 0 Å². The first-order valence-electron chi connectivity index (χ1n) is 5.80. The SMILES string of the molecule is C=C[C@@H]1C(=C)CN(Cc2ccccc2)[C@@H]1C. The largest absolute Gasteiger partial charge is 0.292 e. The van der Waals surface area contributed by atoms with Crippen LogP contribution in [0, 0.1) is 5.92 Å². The molecule has 0 amide bonds. The Kier molecular flexibility index (Phi) is 3.25. The van der Waals surface area contributed by atoms with Crippen molar-refractivity contribution in [3.8, 4) is 0 Å². The zero-order valence-electron chi connectivity index (χ0n) is 9.89. The van der Waals surface area contributed by atoms with E-state index < -0.39 is 0 Å². The van der Waals surface area contributed by atoms with E-state index in [9.17, 15) is 0 Å². The topological polar surface area (TPSA) is 3.24 Å². The summed E-state index contributed by atoms with van der Waals surface area (Å²) in [5.41, 5.74) is 2.66. The Morgan fingerprint density at radius 1 is 1.38 bits per heavy atom. The standard InChI is InChI=1S/C15H19N/c1-4-15-12(2)10-16(13(15)3)11-14-8-6-5-7-9-14/h4-9,13,15H,1-2,10-11H2,3H3/t13-,15-/m1/s1. The Morgan fingerprint density at radius 3 is 2.62 bits per heavy atom. The van der Waals surface area contributed by atoms with E-state index >= 15 is 0 Å². The fourth-order valence-electron chi connectivity index (χ4n) is 2.46. The number of hydrogen-bond donors (Lipinski definition) is 0. The first-order valence-corrected chi connectivity index (χ1v) is 5.80. The molecular formula is C15H19N. The lowest BCUT2D eigenvalue weighted by Crippen LogP contribution is -2.28. The van der Waals surface area contributed by atoms with Gasteiger partial charge < -0.3 is 0 Å². The van der Waals surface area contributed by atoms with Gasteiger partial charge in [-0.05, 0) is 12.5 Å². The molecule has 1 saturated heterocycles. The number of rotatable bonds is 3. The normalized spacial score (nSPS) is 25.9. The second-order valence-electron chi connectivity index (χ2n) is 4.55. The van der Waals surface area contributed by atoms with Crippen LogP contribution in [0.15, 0.2) is 55.1 Å². The van der Waals surface area contributed by atoms with Crippen LogP contribution in [0.25, 0.3) is 0 Å². The highest BCUT2D eigenvalue weighted by atomic mass is 15.2. The minimum absolute atomic E-state index is 0.448. The lowest BCUT2D eigenvalue weighted by molar-refractivity contribution is 0.246. The van der Waals surface area contributed by atoms with Crippen LogP contribution >= 0.6 is 0 Å². The van der Waals surface area contributed by atoms with Crippen molar-refractivity contribution in [1.29, 1.82) is 0 Å². The van der Waals surface area contributed by atoms with Gasteiger partial charge in [-0.2, -0.15) is 0 Å². The first kappa shape index (κ1) is 11.2. The van der Waals surface area contributed by atoms with Crippen molar-refractivity contribution < 1.29 is 0 Å². The molecule has 0 bridgehead atoms. The maximum atomic E-state index is 4.14. The zero-order chi connectivity index (χ0) is 11.5. The average molecular weight is 213 g/mol. The van der Waals surface area contributed by atoms with Crippen molar-refractivity contribution in [2.24, 2.45) is 5.92 Å². The molecule has 2 rings (SSSR count). The van der Waals surface area contributed by atoms with E-state index in [0.29, 0.717) is 12.0 Å². The molecule has 1 nitrogen and oxygen atoms in total. The fraction of sp³-hybridized carbons (Fsp3) is 0.333. The molecule has 16 heavy (non-hydrogen) atoms. The molecule has 0 radical (unpaired) electrons. The summed E-state index contributed by atoms with van der Waals surface area (Å²) in [4.78, 5) is 2.46. The molecule has 84 valence electrons. The van der Waals surface area contributed by atoms with Gasteiger partial charge in [-0.3, -0.25) is 4.90 Å². The number of benzene rings is 1. The van der Waals surface area contributed by atoms with Crippen LogP contribution in [-0.4, -0.2) is 17.5 Å². The summed E-state index contributed by atoms with van der Waals surface area (Å²) in [5.74, 6) is 0.448.